The Morgan fingerprint density at radius 3 is 2.73 bits per heavy atom. The molecule has 0 aliphatic carbocycles. The van der Waals surface area contributed by atoms with Crippen LogP contribution in [0.3, 0.4) is 0 Å². The highest BCUT2D eigenvalue weighted by molar-refractivity contribution is 5.94. The van der Waals surface area contributed by atoms with Gasteiger partial charge in [-0.2, -0.15) is 10.4 Å². The van der Waals surface area contributed by atoms with Crippen LogP contribution in [-0.4, -0.2) is 38.7 Å². The van der Waals surface area contributed by atoms with Gasteiger partial charge in [-0.15, -0.1) is 0 Å². The van der Waals surface area contributed by atoms with Crippen molar-refractivity contribution in [1.82, 2.24) is 19.7 Å². The molecule has 4 rings (SSSR count). The Labute approximate surface area is 176 Å². The molecule has 0 N–H and O–H groups in total. The van der Waals surface area contributed by atoms with Crippen molar-refractivity contribution < 1.29 is 4.79 Å². The van der Waals surface area contributed by atoms with E-state index in [2.05, 4.69) is 17.2 Å². The first-order valence-corrected chi connectivity index (χ1v) is 10.5. The van der Waals surface area contributed by atoms with E-state index in [4.69, 9.17) is 10.2 Å². The van der Waals surface area contributed by atoms with Crippen molar-refractivity contribution in [1.29, 1.82) is 5.26 Å². The molecule has 0 unspecified atom stereocenters. The van der Waals surface area contributed by atoms with Gasteiger partial charge in [0.05, 0.1) is 11.6 Å². The fraction of sp³-hybridized carbons (Fsp3) is 0.333. The van der Waals surface area contributed by atoms with Crippen LogP contribution in [0.1, 0.15) is 47.3 Å². The first-order valence-electron chi connectivity index (χ1n) is 10.5. The number of amides is 1. The Morgan fingerprint density at radius 2 is 1.97 bits per heavy atom. The minimum atomic E-state index is 0.0326. The zero-order chi connectivity index (χ0) is 20.8. The van der Waals surface area contributed by atoms with Crippen LogP contribution in [0.15, 0.2) is 60.9 Å². The van der Waals surface area contributed by atoms with E-state index in [9.17, 15) is 4.79 Å². The molecule has 1 aromatic carbocycles. The van der Waals surface area contributed by atoms with Crippen molar-refractivity contribution in [3.05, 3.63) is 77.7 Å². The molecule has 0 saturated carbocycles. The molecule has 6 nitrogen and oxygen atoms in total. The maximum absolute atomic E-state index is 12.7. The first-order chi connectivity index (χ1) is 14.7. The van der Waals surface area contributed by atoms with E-state index in [1.807, 2.05) is 29.3 Å². The number of rotatable bonds is 6. The van der Waals surface area contributed by atoms with E-state index in [-0.39, 0.29) is 5.91 Å². The second-order valence-electron chi connectivity index (χ2n) is 7.76. The van der Waals surface area contributed by atoms with Gasteiger partial charge in [-0.05, 0) is 74.4 Å². The number of aromatic nitrogens is 3. The van der Waals surface area contributed by atoms with Crippen LogP contribution >= 0.6 is 0 Å². The van der Waals surface area contributed by atoms with Crippen LogP contribution < -0.4 is 0 Å². The quantitative estimate of drug-likeness (QED) is 0.628. The molecule has 1 saturated heterocycles. The van der Waals surface area contributed by atoms with Gasteiger partial charge in [-0.25, -0.2) is 9.67 Å². The van der Waals surface area contributed by atoms with E-state index in [1.165, 1.54) is 0 Å². The number of carbonyl (C=O) groups excluding carboxylic acids is 1. The molecule has 0 atom stereocenters. The summed E-state index contributed by atoms with van der Waals surface area (Å²) < 4.78 is 1.78. The van der Waals surface area contributed by atoms with Crippen molar-refractivity contribution in [2.24, 2.45) is 5.92 Å². The summed E-state index contributed by atoms with van der Waals surface area (Å²) in [5.74, 6) is 1.53. The molecule has 0 bridgehead atoms. The highest BCUT2D eigenvalue weighted by Gasteiger charge is 2.23. The number of carbonyl (C=O) groups is 1. The van der Waals surface area contributed by atoms with Crippen LogP contribution in [0, 0.1) is 17.2 Å². The van der Waals surface area contributed by atoms with E-state index in [0.717, 1.165) is 56.7 Å². The highest BCUT2D eigenvalue weighted by atomic mass is 16.2. The third-order valence-electron chi connectivity index (χ3n) is 5.72. The Bertz CT molecular complexity index is 1030. The minimum absolute atomic E-state index is 0.0326. The van der Waals surface area contributed by atoms with Crippen molar-refractivity contribution >= 4 is 5.91 Å². The molecule has 1 fully saturated rings. The monoisotopic (exact) mass is 399 g/mol. The van der Waals surface area contributed by atoms with Gasteiger partial charge in [-0.1, -0.05) is 12.1 Å². The second kappa shape index (κ2) is 9.36. The molecule has 0 radical (unpaired) electrons. The summed E-state index contributed by atoms with van der Waals surface area (Å²) in [7, 11) is 0. The Kier molecular flexibility index (Phi) is 6.19. The lowest BCUT2D eigenvalue weighted by Crippen LogP contribution is -2.38. The van der Waals surface area contributed by atoms with Gasteiger partial charge in [0.1, 0.15) is 0 Å². The standard InChI is InChI=1S/C24H25N5O/c25-18-20-6-1-7-21(17-20)24(30)28-15-11-19(12-16-28)5-2-8-22-9-3-10-23(27-22)29-14-4-13-26-29/h1,3-4,6-7,9-10,13-14,17,19H,2,5,8,11-12,15-16H2. The Balaban J connectivity index is 1.24. The Hall–Kier alpha value is -3.46. The summed E-state index contributed by atoms with van der Waals surface area (Å²) in [5, 5.41) is 13.3. The number of hydrogen-bond donors (Lipinski definition) is 0. The number of pyridine rings is 1. The predicted molar refractivity (Wildman–Crippen MR) is 114 cm³/mol. The smallest absolute Gasteiger partial charge is 0.253 e. The molecule has 30 heavy (non-hydrogen) atoms. The third kappa shape index (κ3) is 4.74. The minimum Gasteiger partial charge on any atom is -0.339 e. The van der Waals surface area contributed by atoms with E-state index in [1.54, 1.807) is 35.1 Å². The first kappa shape index (κ1) is 19.8. The van der Waals surface area contributed by atoms with Crippen LogP contribution in [0.5, 0.6) is 0 Å². The van der Waals surface area contributed by atoms with Gasteiger partial charge in [0.25, 0.3) is 5.91 Å². The molecule has 6 heteroatoms. The molecule has 1 aliphatic heterocycles. The molecule has 1 amide bonds. The Morgan fingerprint density at radius 1 is 1.13 bits per heavy atom. The molecule has 152 valence electrons. The highest BCUT2D eigenvalue weighted by Crippen LogP contribution is 2.24. The number of likely N-dealkylation sites (tertiary alicyclic amines) is 1. The summed E-state index contributed by atoms with van der Waals surface area (Å²) >= 11 is 0. The lowest BCUT2D eigenvalue weighted by molar-refractivity contribution is 0.0686. The van der Waals surface area contributed by atoms with Gasteiger partial charge >= 0.3 is 0 Å². The van der Waals surface area contributed by atoms with Crippen LogP contribution in [0.2, 0.25) is 0 Å². The predicted octanol–water partition coefficient (Wildman–Crippen LogP) is 4.01. The summed E-state index contributed by atoms with van der Waals surface area (Å²) in [6.07, 6.45) is 8.92. The van der Waals surface area contributed by atoms with Gasteiger partial charge in [-0.3, -0.25) is 4.79 Å². The fourth-order valence-corrected chi connectivity index (χ4v) is 4.04. The van der Waals surface area contributed by atoms with Gasteiger partial charge in [0.2, 0.25) is 0 Å². The third-order valence-corrected chi connectivity index (χ3v) is 5.72. The number of nitriles is 1. The van der Waals surface area contributed by atoms with E-state index < -0.39 is 0 Å². The summed E-state index contributed by atoms with van der Waals surface area (Å²) in [6, 6.07) is 17.0. The summed E-state index contributed by atoms with van der Waals surface area (Å²) in [5.41, 5.74) is 2.23. The average molecular weight is 399 g/mol. The maximum atomic E-state index is 12.7. The molecule has 0 spiro atoms. The van der Waals surface area contributed by atoms with Crippen LogP contribution in [0.4, 0.5) is 0 Å². The molecule has 1 aliphatic rings. The SMILES string of the molecule is N#Cc1cccc(C(=O)N2CCC(CCCc3cccc(-n4cccn4)n3)CC2)c1. The largest absolute Gasteiger partial charge is 0.339 e. The average Bonchev–Trinajstić information content (AvgIpc) is 3.34. The maximum Gasteiger partial charge on any atom is 0.253 e. The molecule has 3 heterocycles. The lowest BCUT2D eigenvalue weighted by Gasteiger charge is -2.32. The van der Waals surface area contributed by atoms with E-state index >= 15 is 0 Å². The van der Waals surface area contributed by atoms with Gasteiger partial charge in [0.15, 0.2) is 5.82 Å². The lowest BCUT2D eigenvalue weighted by atomic mass is 9.91. The van der Waals surface area contributed by atoms with Crippen molar-refractivity contribution in [3.8, 4) is 11.9 Å². The van der Waals surface area contributed by atoms with E-state index in [0.29, 0.717) is 17.0 Å². The van der Waals surface area contributed by atoms with Gasteiger partial charge in [0, 0.05) is 36.7 Å². The normalized spacial score (nSPS) is 14.4. The number of piperidine rings is 1. The van der Waals surface area contributed by atoms with Gasteiger partial charge < -0.3 is 4.90 Å². The zero-order valence-electron chi connectivity index (χ0n) is 16.9. The number of hydrogen-bond acceptors (Lipinski definition) is 4. The number of benzene rings is 1. The zero-order valence-corrected chi connectivity index (χ0v) is 16.9. The van der Waals surface area contributed by atoms with Crippen LogP contribution in [0.25, 0.3) is 5.82 Å². The molecular formula is C24H25N5O. The molecular weight excluding hydrogens is 374 g/mol. The summed E-state index contributed by atoms with van der Waals surface area (Å²) in [6.45, 7) is 1.57. The second-order valence-corrected chi connectivity index (χ2v) is 7.76. The molecule has 3 aromatic rings. The topological polar surface area (TPSA) is 74.8 Å². The van der Waals surface area contributed by atoms with Crippen molar-refractivity contribution in [2.75, 3.05) is 13.1 Å². The van der Waals surface area contributed by atoms with Crippen molar-refractivity contribution in [3.63, 3.8) is 0 Å². The van der Waals surface area contributed by atoms with Crippen molar-refractivity contribution in [2.45, 2.75) is 32.1 Å². The molecule has 2 aromatic heterocycles. The summed E-state index contributed by atoms with van der Waals surface area (Å²) in [4.78, 5) is 19.3. The number of aryl methyl sites for hydroxylation is 1. The number of nitrogens with zero attached hydrogens (tertiary/aromatic N) is 5. The fourth-order valence-electron chi connectivity index (χ4n) is 4.04. The van der Waals surface area contributed by atoms with Crippen LogP contribution in [-0.2, 0) is 6.42 Å².